The van der Waals surface area contributed by atoms with Gasteiger partial charge in [-0.2, -0.15) is 0 Å². The maximum Gasteiger partial charge on any atom is 0.261 e. The highest BCUT2D eigenvalue weighted by Crippen LogP contribution is 2.52. The minimum atomic E-state index is -0.996. The highest BCUT2D eigenvalue weighted by molar-refractivity contribution is 6.37. The molecule has 2 heterocycles. The van der Waals surface area contributed by atoms with E-state index in [0.717, 1.165) is 0 Å². The van der Waals surface area contributed by atoms with Crippen molar-refractivity contribution in [2.45, 2.75) is 12.8 Å². The second kappa shape index (κ2) is 9.98. The van der Waals surface area contributed by atoms with Crippen molar-refractivity contribution in [1.29, 1.82) is 0 Å². The van der Waals surface area contributed by atoms with Crippen molar-refractivity contribution in [2.75, 3.05) is 4.90 Å². The van der Waals surface area contributed by atoms with Gasteiger partial charge in [0.2, 0.25) is 5.78 Å². The Hall–Kier alpha value is -4.71. The quantitative estimate of drug-likeness (QED) is 0.214. The summed E-state index contributed by atoms with van der Waals surface area (Å²) in [4.78, 5) is 45.4. The summed E-state index contributed by atoms with van der Waals surface area (Å²) in [5.74, 6) is -1.66. The summed E-state index contributed by atoms with van der Waals surface area (Å²) >= 11 is 13.6. The number of aromatic nitrogens is 1. The van der Waals surface area contributed by atoms with Crippen LogP contribution in [0.5, 0.6) is 0 Å². The number of carbonyl (C=O) groups is 2. The van der Waals surface area contributed by atoms with Crippen molar-refractivity contribution in [3.63, 3.8) is 0 Å². The first kappa shape index (κ1) is 26.2. The maximum absolute atomic E-state index is 14.8. The van der Waals surface area contributed by atoms with Crippen molar-refractivity contribution in [3.05, 3.63) is 169 Å². The van der Waals surface area contributed by atoms with E-state index in [9.17, 15) is 14.4 Å². The summed E-state index contributed by atoms with van der Waals surface area (Å²) in [5, 5.41) is 0.590. The zero-order valence-electron chi connectivity index (χ0n) is 22.3. The third-order valence-corrected chi connectivity index (χ3v) is 8.56. The third kappa shape index (κ3) is 3.82. The fraction of sp³-hybridized carbons (Fsp3) is 0.0571. The topological polar surface area (TPSA) is 59.4 Å². The van der Waals surface area contributed by atoms with E-state index in [-0.39, 0.29) is 34.0 Å². The minimum Gasteiger partial charge on any atom is -0.306 e. The molecule has 5 nitrogen and oxygen atoms in total. The van der Waals surface area contributed by atoms with Crippen LogP contribution in [0, 0.1) is 6.92 Å². The minimum absolute atomic E-state index is 0.172. The van der Waals surface area contributed by atoms with Crippen LogP contribution in [0.15, 0.2) is 125 Å². The van der Waals surface area contributed by atoms with Gasteiger partial charge in [-0.05, 0) is 49.4 Å². The number of hydrogen-bond donors (Lipinski definition) is 0. The summed E-state index contributed by atoms with van der Waals surface area (Å²) in [5.41, 5.74) is 3.81. The number of benzene rings is 4. The van der Waals surface area contributed by atoms with Gasteiger partial charge in [-0.25, -0.2) is 0 Å². The number of pyridine rings is 1. The van der Waals surface area contributed by atoms with Gasteiger partial charge in [-0.3, -0.25) is 19.0 Å². The summed E-state index contributed by atoms with van der Waals surface area (Å²) in [6.07, 6.45) is 0. The lowest BCUT2D eigenvalue weighted by Crippen LogP contribution is -2.41. The lowest BCUT2D eigenvalue weighted by atomic mass is 9.72. The number of anilines is 2. The molecule has 7 heteroatoms. The lowest BCUT2D eigenvalue weighted by molar-refractivity contribution is 0.0968. The van der Waals surface area contributed by atoms with Gasteiger partial charge >= 0.3 is 0 Å². The molecule has 1 aliphatic carbocycles. The second-order valence-corrected chi connectivity index (χ2v) is 11.1. The van der Waals surface area contributed by atoms with E-state index in [1.165, 1.54) is 0 Å². The van der Waals surface area contributed by atoms with Crippen LogP contribution in [-0.2, 0) is 0 Å². The molecule has 1 atom stereocenters. The molecule has 1 aliphatic heterocycles. The Morgan fingerprint density at radius 3 is 1.79 bits per heavy atom. The Bertz CT molecular complexity index is 2010. The molecule has 0 fully saturated rings. The van der Waals surface area contributed by atoms with Gasteiger partial charge in [-0.1, -0.05) is 89.9 Å². The highest BCUT2D eigenvalue weighted by atomic mass is 35.5. The Kier molecular flexibility index (Phi) is 6.23. The molecule has 42 heavy (non-hydrogen) atoms. The van der Waals surface area contributed by atoms with Gasteiger partial charge in [-0.15, -0.1) is 0 Å². The van der Waals surface area contributed by atoms with E-state index >= 15 is 0 Å². The molecule has 0 radical (unpaired) electrons. The lowest BCUT2D eigenvalue weighted by Gasteiger charge is -2.41. The fourth-order valence-electron chi connectivity index (χ4n) is 6.14. The van der Waals surface area contributed by atoms with Gasteiger partial charge < -0.3 is 4.90 Å². The molecule has 1 aromatic heterocycles. The monoisotopic (exact) mass is 588 g/mol. The molecule has 0 spiro atoms. The number of rotatable bonds is 3. The summed E-state index contributed by atoms with van der Waals surface area (Å²) < 4.78 is 1.62. The summed E-state index contributed by atoms with van der Waals surface area (Å²) in [7, 11) is 0. The van der Waals surface area contributed by atoms with Crippen LogP contribution in [0.25, 0.3) is 5.69 Å². The smallest absolute Gasteiger partial charge is 0.261 e. The van der Waals surface area contributed by atoms with Crippen molar-refractivity contribution in [3.8, 4) is 5.69 Å². The first-order chi connectivity index (χ1) is 20.4. The Labute approximate surface area is 251 Å². The van der Waals surface area contributed by atoms with Crippen LogP contribution >= 0.6 is 23.2 Å². The van der Waals surface area contributed by atoms with E-state index in [1.54, 1.807) is 51.9 Å². The van der Waals surface area contributed by atoms with E-state index in [2.05, 4.69) is 0 Å². The average molecular weight is 589 g/mol. The second-order valence-electron chi connectivity index (χ2n) is 10.3. The third-order valence-electron chi connectivity index (χ3n) is 7.90. The number of nitrogens with zero attached hydrogens (tertiary/aromatic N) is 2. The number of Topliss-reactive ketones (excluding diaryl/α,β-unsaturated/α-hetero) is 2. The normalized spacial score (nSPS) is 15.8. The van der Waals surface area contributed by atoms with Crippen LogP contribution in [0.4, 0.5) is 11.4 Å². The highest BCUT2D eigenvalue weighted by Gasteiger charge is 2.47. The zero-order chi connectivity index (χ0) is 29.1. The number of fused-ring (bicyclic) bond motifs is 2. The van der Waals surface area contributed by atoms with Crippen LogP contribution in [0.3, 0.4) is 0 Å². The van der Waals surface area contributed by atoms with Crippen molar-refractivity contribution in [2.24, 2.45) is 0 Å². The number of aryl methyl sites for hydroxylation is 1. The molecular weight excluding hydrogens is 567 g/mol. The number of ketones is 2. The molecule has 4 aromatic carbocycles. The molecule has 2 aliphatic rings. The van der Waals surface area contributed by atoms with E-state index in [0.29, 0.717) is 49.5 Å². The predicted molar refractivity (Wildman–Crippen MR) is 166 cm³/mol. The van der Waals surface area contributed by atoms with E-state index in [1.807, 2.05) is 73.7 Å². The number of para-hydroxylation sites is 2. The van der Waals surface area contributed by atoms with Crippen LogP contribution < -0.4 is 10.5 Å². The zero-order valence-corrected chi connectivity index (χ0v) is 23.9. The largest absolute Gasteiger partial charge is 0.306 e. The number of allylic oxidation sites excluding steroid dienone is 2. The first-order valence-electron chi connectivity index (χ1n) is 13.4. The predicted octanol–water partition coefficient (Wildman–Crippen LogP) is 8.07. The van der Waals surface area contributed by atoms with Crippen LogP contribution in [0.2, 0.25) is 10.0 Å². The molecule has 1 unspecified atom stereocenters. The van der Waals surface area contributed by atoms with Gasteiger partial charge in [0, 0.05) is 49.4 Å². The van der Waals surface area contributed by atoms with Crippen molar-refractivity contribution >= 4 is 46.1 Å². The fourth-order valence-corrected chi connectivity index (χ4v) is 6.76. The van der Waals surface area contributed by atoms with Gasteiger partial charge in [0.25, 0.3) is 5.56 Å². The van der Waals surface area contributed by atoms with E-state index < -0.39 is 5.92 Å². The molecular formula is C35H22Cl2N2O3. The van der Waals surface area contributed by atoms with Gasteiger partial charge in [0.15, 0.2) is 5.78 Å². The number of halogens is 2. The molecule has 0 bridgehead atoms. The molecule has 204 valence electrons. The average Bonchev–Trinajstić information content (AvgIpc) is 3.00. The van der Waals surface area contributed by atoms with Crippen LogP contribution in [0.1, 0.15) is 43.5 Å². The van der Waals surface area contributed by atoms with Gasteiger partial charge in [0.1, 0.15) is 5.70 Å². The van der Waals surface area contributed by atoms with Crippen molar-refractivity contribution in [1.82, 2.24) is 4.57 Å². The van der Waals surface area contributed by atoms with Gasteiger partial charge in [0.05, 0.1) is 17.2 Å². The Balaban J connectivity index is 1.67. The first-order valence-corrected chi connectivity index (χ1v) is 14.2. The molecule has 7 rings (SSSR count). The molecule has 0 saturated carbocycles. The molecule has 0 amide bonds. The number of hydrogen-bond acceptors (Lipinski definition) is 4. The van der Waals surface area contributed by atoms with Crippen molar-refractivity contribution < 1.29 is 9.59 Å². The SMILES string of the molecule is Cc1cc2c(c(=O)n1-c1ccccc1)C(c1c(Cl)cccc1Cl)C1=C(C(=O)c3ccccc3C1=O)N2c1ccccc1. The number of carbonyl (C=O) groups excluding carboxylic acids is 2. The molecule has 0 N–H and O–H groups in total. The molecule has 5 aromatic rings. The maximum atomic E-state index is 14.8. The van der Waals surface area contributed by atoms with E-state index in [4.69, 9.17) is 23.2 Å². The summed E-state index contributed by atoms with van der Waals surface area (Å²) in [6.45, 7) is 1.85. The molecule has 0 saturated heterocycles. The standard InChI is InChI=1S/C35H22Cl2N2O3/c1-20-19-27-29(35(42)38(20)21-11-4-2-5-12-21)30(28-25(36)17-10-18-26(28)37)31-32(39(27)22-13-6-3-7-14-22)34(41)24-16-9-8-15-23(24)33(31)40/h2-19,30H,1H3. The summed E-state index contributed by atoms with van der Waals surface area (Å²) in [6, 6.07) is 32.3. The van der Waals surface area contributed by atoms with Crippen LogP contribution in [-0.4, -0.2) is 16.1 Å². The Morgan fingerprint density at radius 2 is 1.17 bits per heavy atom. The Morgan fingerprint density at radius 1 is 0.619 bits per heavy atom.